The van der Waals surface area contributed by atoms with Crippen molar-refractivity contribution in [2.45, 2.75) is 38.5 Å². The van der Waals surface area contributed by atoms with Crippen LogP contribution in [0.1, 0.15) is 66.8 Å². The Labute approximate surface area is 750 Å². The second-order valence-electron chi connectivity index (χ2n) is 29.8. The van der Waals surface area contributed by atoms with Gasteiger partial charge in [-0.2, -0.15) is 84.4 Å². The molecule has 6 aliphatic carbocycles. The zero-order valence-electron chi connectivity index (χ0n) is 63.8. The Morgan fingerprint density at radius 3 is 1.32 bits per heavy atom. The predicted octanol–water partition coefficient (Wildman–Crippen LogP) is 28.2. The van der Waals surface area contributed by atoms with E-state index in [1.54, 1.807) is 6.08 Å². The molecule has 0 heterocycles. The summed E-state index contributed by atoms with van der Waals surface area (Å²) in [6, 6.07) is 144. The average molecular weight is 1690 g/mol. The first-order chi connectivity index (χ1) is 55.5. The Kier molecular flexibility index (Phi) is 22.9. The summed E-state index contributed by atoms with van der Waals surface area (Å²) in [5.74, 6) is 0. The molecule has 19 aromatic carbocycles. The molecule has 0 aromatic heterocycles. The van der Waals surface area contributed by atoms with E-state index in [2.05, 4.69) is 346 Å². The number of benzene rings is 19. The van der Waals surface area contributed by atoms with Crippen molar-refractivity contribution in [3.63, 3.8) is 0 Å². The fraction of sp³-hybridized carbons (Fsp3) is 0.0536. The maximum absolute atomic E-state index is 5.42. The van der Waals surface area contributed by atoms with Crippen molar-refractivity contribution in [2.24, 2.45) is 0 Å². The van der Waals surface area contributed by atoms with Crippen LogP contribution in [0.3, 0.4) is 0 Å². The molecule has 0 amide bonds. The van der Waals surface area contributed by atoms with Crippen molar-refractivity contribution in [3.05, 3.63) is 474 Å². The molecule has 0 nitrogen and oxygen atoms in total. The molecule has 6 aliphatic rings. The van der Waals surface area contributed by atoms with Crippen molar-refractivity contribution < 1.29 is 98.1 Å². The molecule has 0 spiro atoms. The number of rotatable bonds is 3. The molecule has 0 fully saturated rings. The van der Waals surface area contributed by atoms with Crippen LogP contribution >= 0.6 is 0 Å². The zero-order chi connectivity index (χ0) is 74.4. The van der Waals surface area contributed by atoms with E-state index in [4.69, 9.17) is 6.58 Å². The number of allylic oxidation sites excluding steroid dienone is 3. The Hall–Kier alpha value is -10.5. The van der Waals surface area contributed by atoms with Gasteiger partial charge in [0.25, 0.3) is 0 Å². The van der Waals surface area contributed by atoms with Crippen molar-refractivity contribution in [2.75, 3.05) is 0 Å². The Balaban J connectivity index is 0.0000001000. The van der Waals surface area contributed by atoms with Crippen LogP contribution < -0.4 is 0 Å². The maximum Gasteiger partial charge on any atom is 0 e. The van der Waals surface area contributed by atoms with E-state index >= 15 is 0 Å². The maximum atomic E-state index is 5.42. The largest absolute Gasteiger partial charge is 0.361 e. The second kappa shape index (κ2) is 34.1. The molecule has 3 radical (unpaired) electrons. The molecule has 3 heteroatoms. The van der Waals surface area contributed by atoms with Gasteiger partial charge in [0.15, 0.2) is 0 Å². The Morgan fingerprint density at radius 2 is 0.687 bits per heavy atom. The SMILES string of the molecule is [CH-]=CC1=[C-]Cc2ccccc21.[Y].[Y].[Y].[c-]1ccccc1-c1[c-]c2c(cc1)Cc1c-2ccc2ccccc12.[c-]1ccccc1-c1[c-]cc2c(c1)-c1ccccc1C2.c1ccc2c(c1)Cc1c-2c2ccccc2c2ccccc12.c1ccc2c(c1)Cc1c-2ccc2ccccc12.c1ccc2c(c1)Cc1cc3ccc4ccccc4c3cc1-2. The molecule has 537 valence electrons. The molecule has 0 saturated heterocycles. The number of hydrogen-bond acceptors (Lipinski definition) is 0. The van der Waals surface area contributed by atoms with Crippen molar-refractivity contribution in [1.82, 2.24) is 0 Å². The van der Waals surface area contributed by atoms with Crippen LogP contribution in [0.2, 0.25) is 0 Å². The summed E-state index contributed by atoms with van der Waals surface area (Å²) >= 11 is 0. The van der Waals surface area contributed by atoms with E-state index in [0.717, 1.165) is 66.4 Å². The fourth-order valence-corrected chi connectivity index (χ4v) is 18.1. The van der Waals surface area contributed by atoms with Crippen molar-refractivity contribution >= 4 is 70.2 Å². The third kappa shape index (κ3) is 14.9. The average Bonchev–Trinajstić information content (AvgIpc) is 1.58. The summed E-state index contributed by atoms with van der Waals surface area (Å²) in [5.41, 5.74) is 36.2. The van der Waals surface area contributed by atoms with Gasteiger partial charge >= 0.3 is 0 Å². The summed E-state index contributed by atoms with van der Waals surface area (Å²) in [4.78, 5) is 0. The van der Waals surface area contributed by atoms with Crippen LogP contribution in [0.25, 0.3) is 148 Å². The second-order valence-corrected chi connectivity index (χ2v) is 29.8. The van der Waals surface area contributed by atoms with Gasteiger partial charge in [-0.15, -0.1) is 52.1 Å². The van der Waals surface area contributed by atoms with Gasteiger partial charge in [0.1, 0.15) is 0 Å². The third-order valence-electron chi connectivity index (χ3n) is 23.4. The van der Waals surface area contributed by atoms with Crippen LogP contribution in [0.5, 0.6) is 0 Å². The summed E-state index contributed by atoms with van der Waals surface area (Å²) < 4.78 is 0. The third-order valence-corrected chi connectivity index (χ3v) is 23.4. The van der Waals surface area contributed by atoms with Crippen LogP contribution in [0.4, 0.5) is 0 Å². The smallest absolute Gasteiger partial charge is 0 e. The van der Waals surface area contributed by atoms with Gasteiger partial charge in [-0.25, -0.2) is 22.3 Å². The molecule has 0 bridgehead atoms. The first-order valence-electron chi connectivity index (χ1n) is 39.0. The molecular formula is C112H74Y3-6. The molecule has 25 rings (SSSR count). The van der Waals surface area contributed by atoms with E-state index < -0.39 is 0 Å². The van der Waals surface area contributed by atoms with Gasteiger partial charge in [-0.1, -0.05) is 297 Å². The minimum Gasteiger partial charge on any atom is -0.361 e. The van der Waals surface area contributed by atoms with Gasteiger partial charge in [-0.3, -0.25) is 6.08 Å². The first kappa shape index (κ1) is 77.1. The summed E-state index contributed by atoms with van der Waals surface area (Å²) in [6.45, 7) is 5.42. The molecule has 0 saturated carbocycles. The monoisotopic (exact) mass is 1690 g/mol. The molecule has 0 aliphatic heterocycles. The summed E-state index contributed by atoms with van der Waals surface area (Å²) in [7, 11) is 0. The van der Waals surface area contributed by atoms with E-state index in [1.807, 2.05) is 48.5 Å². The first-order valence-corrected chi connectivity index (χ1v) is 39.0. The molecule has 0 N–H and O–H groups in total. The van der Waals surface area contributed by atoms with Gasteiger partial charge < -0.3 is 18.2 Å². The quantitative estimate of drug-likeness (QED) is 0.122. The topological polar surface area (TPSA) is 0 Å². The van der Waals surface area contributed by atoms with Gasteiger partial charge in [0.2, 0.25) is 0 Å². The summed E-state index contributed by atoms with van der Waals surface area (Å²) in [6.07, 6.45) is 10.9. The minimum atomic E-state index is 0. The summed E-state index contributed by atoms with van der Waals surface area (Å²) in [5, 5.41) is 16.3. The number of hydrogen-bond donors (Lipinski definition) is 0. The van der Waals surface area contributed by atoms with E-state index in [0.29, 0.717) is 0 Å². The van der Waals surface area contributed by atoms with Crippen molar-refractivity contribution in [1.29, 1.82) is 0 Å². The normalized spacial score (nSPS) is 12.2. The van der Waals surface area contributed by atoms with Gasteiger partial charge in [0, 0.05) is 98.1 Å². The van der Waals surface area contributed by atoms with Crippen LogP contribution in [0, 0.1) is 36.9 Å². The predicted molar refractivity (Wildman–Crippen MR) is 470 cm³/mol. The van der Waals surface area contributed by atoms with E-state index in [-0.39, 0.29) is 98.1 Å². The standard InChI is InChI=1S/C23H14.2C21H14.C19H12.C17H12.C11H8.3Y/c1-2-6-16(7-3-1)18-10-11-19-15-23-20-9-5-4-8-17(20)12-13-21(23)22(19)14-18;1-3-7-18-14(5-1)9-10-16-12-17-11-15-6-2-4-8-19(15)21(17)13-20(16)18;1-2-8-15-14(7-1)13-20-18-11-4-3-9-16(18)17-10-5-6-12-19(17)21(15)20;1-2-6-14(7-3-1)15-10-11-17-12-16-8-4-5-9-18(16)19(17)13-15;1-3-7-14-12(5-1)9-10-16-15-8-4-2-6-13(15)11-17(14)16;1-2-9-7-8-10-5-3-4-6-11(9)10;;;/h1-6,8-13H,15H2;1-10,12-13H,11H2;1-12H,13H2;1-6,8-9,11,13H,12H2;1-10H,11H2;1-6H,8H2;;;/q-2;;;-2;;-2;;;. The Bertz CT molecular complexity index is 6960. The molecule has 0 unspecified atom stereocenters. The van der Waals surface area contributed by atoms with Crippen LogP contribution in [-0.4, -0.2) is 0 Å². The van der Waals surface area contributed by atoms with Crippen LogP contribution in [0.15, 0.2) is 370 Å². The van der Waals surface area contributed by atoms with Gasteiger partial charge in [-0.05, 0) is 181 Å². The van der Waals surface area contributed by atoms with Crippen molar-refractivity contribution in [3.8, 4) is 77.9 Å². The molecule has 115 heavy (non-hydrogen) atoms. The van der Waals surface area contributed by atoms with E-state index in [1.165, 1.54) is 187 Å². The molecular weight excluding hydrogens is 1610 g/mol. The molecule has 0 atom stereocenters. The van der Waals surface area contributed by atoms with E-state index in [9.17, 15) is 0 Å². The minimum absolute atomic E-state index is 0. The molecule has 19 aromatic rings. The number of fused-ring (bicyclic) bond motifs is 28. The van der Waals surface area contributed by atoms with Gasteiger partial charge in [0.05, 0.1) is 0 Å². The Morgan fingerprint density at radius 1 is 0.243 bits per heavy atom. The zero-order valence-corrected chi connectivity index (χ0v) is 72.3. The fourth-order valence-electron chi connectivity index (χ4n) is 18.1. The van der Waals surface area contributed by atoms with Crippen LogP contribution in [-0.2, 0) is 137 Å².